The van der Waals surface area contributed by atoms with E-state index in [9.17, 15) is 4.79 Å². The molecule has 2 aromatic rings. The van der Waals surface area contributed by atoms with E-state index >= 15 is 0 Å². The zero-order chi connectivity index (χ0) is 20.1. The van der Waals surface area contributed by atoms with Gasteiger partial charge in [0.25, 0.3) is 0 Å². The van der Waals surface area contributed by atoms with Crippen molar-refractivity contribution in [2.24, 2.45) is 0 Å². The van der Waals surface area contributed by atoms with Gasteiger partial charge in [0, 0.05) is 37.9 Å². The van der Waals surface area contributed by atoms with E-state index in [0.29, 0.717) is 19.7 Å². The third kappa shape index (κ3) is 4.52. The Labute approximate surface area is 166 Å². The molecule has 28 heavy (non-hydrogen) atoms. The summed E-state index contributed by atoms with van der Waals surface area (Å²) in [5, 5.41) is 3.49. The van der Waals surface area contributed by atoms with Crippen molar-refractivity contribution >= 4 is 23.4 Å². The van der Waals surface area contributed by atoms with Crippen LogP contribution in [0.5, 0.6) is 0 Å². The number of aryl methyl sites for hydroxylation is 3. The summed E-state index contributed by atoms with van der Waals surface area (Å²) < 4.78 is 5.09. The fourth-order valence-corrected chi connectivity index (χ4v) is 3.44. The SMILES string of the molecule is CCOC(=O)N1CCN(c2cc(Nc3c(C)cccc3CC)nc(C)n2)CC1. The lowest BCUT2D eigenvalue weighted by atomic mass is 10.1. The molecular weight excluding hydrogens is 354 g/mol. The van der Waals surface area contributed by atoms with Crippen LogP contribution in [0.15, 0.2) is 24.3 Å². The number of anilines is 3. The number of rotatable bonds is 5. The second-order valence-corrected chi connectivity index (χ2v) is 6.92. The fourth-order valence-electron chi connectivity index (χ4n) is 3.44. The van der Waals surface area contributed by atoms with Crippen molar-refractivity contribution in [2.45, 2.75) is 34.1 Å². The molecule has 7 nitrogen and oxygen atoms in total. The molecule has 1 aliphatic rings. The molecule has 1 N–H and O–H groups in total. The second kappa shape index (κ2) is 8.91. The van der Waals surface area contributed by atoms with Crippen LogP contribution in [-0.4, -0.2) is 53.7 Å². The number of nitrogens with zero attached hydrogens (tertiary/aromatic N) is 4. The molecule has 0 aliphatic carbocycles. The van der Waals surface area contributed by atoms with Crippen molar-refractivity contribution < 1.29 is 9.53 Å². The normalized spacial score (nSPS) is 14.1. The summed E-state index contributed by atoms with van der Waals surface area (Å²) in [5.74, 6) is 2.39. The second-order valence-electron chi connectivity index (χ2n) is 6.92. The van der Waals surface area contributed by atoms with Gasteiger partial charge in [-0.25, -0.2) is 14.8 Å². The van der Waals surface area contributed by atoms with Gasteiger partial charge < -0.3 is 19.9 Å². The number of carbonyl (C=O) groups excluding carboxylic acids is 1. The standard InChI is InChI=1S/C21H29N5O2/c1-5-17-9-7-8-15(3)20(17)24-18-14-19(23-16(4)22-18)25-10-12-26(13-11-25)21(27)28-6-2/h7-9,14H,5-6,10-13H2,1-4H3,(H,22,23,24). The summed E-state index contributed by atoms with van der Waals surface area (Å²) in [4.78, 5) is 25.0. The first kappa shape index (κ1) is 19.9. The Balaban J connectivity index is 1.75. The van der Waals surface area contributed by atoms with Gasteiger partial charge in [-0.05, 0) is 38.3 Å². The monoisotopic (exact) mass is 383 g/mol. The van der Waals surface area contributed by atoms with E-state index in [1.54, 1.807) is 4.90 Å². The molecule has 7 heteroatoms. The molecule has 1 saturated heterocycles. The number of piperazine rings is 1. The fraction of sp³-hybridized carbons (Fsp3) is 0.476. The smallest absolute Gasteiger partial charge is 0.409 e. The molecule has 0 bridgehead atoms. The zero-order valence-corrected chi connectivity index (χ0v) is 17.2. The topological polar surface area (TPSA) is 70.6 Å². The predicted molar refractivity (Wildman–Crippen MR) is 111 cm³/mol. The lowest BCUT2D eigenvalue weighted by Gasteiger charge is -2.34. The number of benzene rings is 1. The maximum Gasteiger partial charge on any atom is 0.409 e. The van der Waals surface area contributed by atoms with Gasteiger partial charge in [0.15, 0.2) is 0 Å². The molecule has 0 saturated carbocycles. The third-order valence-electron chi connectivity index (χ3n) is 4.95. The van der Waals surface area contributed by atoms with Gasteiger partial charge in [-0.1, -0.05) is 25.1 Å². The van der Waals surface area contributed by atoms with Crippen LogP contribution in [0, 0.1) is 13.8 Å². The Morgan fingerprint density at radius 2 is 1.89 bits per heavy atom. The van der Waals surface area contributed by atoms with Crippen LogP contribution in [0.2, 0.25) is 0 Å². The van der Waals surface area contributed by atoms with E-state index in [-0.39, 0.29) is 6.09 Å². The van der Waals surface area contributed by atoms with Gasteiger partial charge in [-0.3, -0.25) is 0 Å². The Bertz CT molecular complexity index is 832. The predicted octanol–water partition coefficient (Wildman–Crippen LogP) is 3.68. The highest BCUT2D eigenvalue weighted by molar-refractivity contribution is 5.68. The number of carbonyl (C=O) groups is 1. The Morgan fingerprint density at radius 1 is 1.14 bits per heavy atom. The van der Waals surface area contributed by atoms with Gasteiger partial charge in [0.05, 0.1) is 6.61 Å². The average molecular weight is 383 g/mol. The third-order valence-corrected chi connectivity index (χ3v) is 4.95. The Morgan fingerprint density at radius 3 is 2.57 bits per heavy atom. The molecule has 0 atom stereocenters. The summed E-state index contributed by atoms with van der Waals surface area (Å²) in [6.07, 6.45) is 0.714. The van der Waals surface area contributed by atoms with Crippen LogP contribution in [0.25, 0.3) is 0 Å². The maximum atomic E-state index is 11.9. The van der Waals surface area contributed by atoms with Crippen molar-refractivity contribution in [2.75, 3.05) is 43.0 Å². The Hall–Kier alpha value is -2.83. The van der Waals surface area contributed by atoms with Gasteiger partial charge in [-0.2, -0.15) is 0 Å². The van der Waals surface area contributed by atoms with E-state index in [2.05, 4.69) is 52.2 Å². The van der Waals surface area contributed by atoms with Crippen LogP contribution in [0.4, 0.5) is 22.1 Å². The lowest BCUT2D eigenvalue weighted by molar-refractivity contribution is 0.105. The number of aromatic nitrogens is 2. The van der Waals surface area contributed by atoms with Crippen molar-refractivity contribution in [3.8, 4) is 0 Å². The van der Waals surface area contributed by atoms with Crippen molar-refractivity contribution in [3.63, 3.8) is 0 Å². The largest absolute Gasteiger partial charge is 0.450 e. The molecule has 1 fully saturated rings. The summed E-state index contributed by atoms with van der Waals surface area (Å²) >= 11 is 0. The highest BCUT2D eigenvalue weighted by atomic mass is 16.6. The van der Waals surface area contributed by atoms with E-state index in [1.807, 2.05) is 19.9 Å². The molecule has 1 aromatic heterocycles. The van der Waals surface area contributed by atoms with Gasteiger partial charge in [-0.15, -0.1) is 0 Å². The molecule has 2 heterocycles. The number of hydrogen-bond donors (Lipinski definition) is 1. The highest BCUT2D eigenvalue weighted by Crippen LogP contribution is 2.26. The van der Waals surface area contributed by atoms with E-state index in [1.165, 1.54) is 11.1 Å². The van der Waals surface area contributed by atoms with Crippen LogP contribution in [0.1, 0.15) is 30.8 Å². The first-order valence-corrected chi connectivity index (χ1v) is 9.89. The first-order valence-electron chi connectivity index (χ1n) is 9.89. The van der Waals surface area contributed by atoms with E-state index in [0.717, 1.165) is 42.7 Å². The van der Waals surface area contributed by atoms with Crippen molar-refractivity contribution in [1.29, 1.82) is 0 Å². The molecule has 0 unspecified atom stereocenters. The number of para-hydroxylation sites is 1. The van der Waals surface area contributed by atoms with Crippen LogP contribution >= 0.6 is 0 Å². The zero-order valence-electron chi connectivity index (χ0n) is 17.2. The average Bonchev–Trinajstić information content (AvgIpc) is 2.69. The van der Waals surface area contributed by atoms with Crippen LogP contribution in [-0.2, 0) is 11.2 Å². The van der Waals surface area contributed by atoms with Crippen LogP contribution in [0.3, 0.4) is 0 Å². The van der Waals surface area contributed by atoms with Gasteiger partial charge >= 0.3 is 6.09 Å². The van der Waals surface area contributed by atoms with Gasteiger partial charge in [0.1, 0.15) is 17.5 Å². The van der Waals surface area contributed by atoms with Crippen LogP contribution < -0.4 is 10.2 Å². The molecule has 1 amide bonds. The van der Waals surface area contributed by atoms with Gasteiger partial charge in [0.2, 0.25) is 0 Å². The van der Waals surface area contributed by atoms with Crippen molar-refractivity contribution in [3.05, 3.63) is 41.2 Å². The molecular formula is C21H29N5O2. The highest BCUT2D eigenvalue weighted by Gasteiger charge is 2.23. The summed E-state index contributed by atoms with van der Waals surface area (Å²) in [6, 6.07) is 8.31. The Kier molecular flexibility index (Phi) is 6.34. The number of ether oxygens (including phenoxy) is 1. The summed E-state index contributed by atoms with van der Waals surface area (Å²) in [5.41, 5.74) is 3.57. The molecule has 0 radical (unpaired) electrons. The molecule has 150 valence electrons. The molecule has 0 spiro atoms. The lowest BCUT2D eigenvalue weighted by Crippen LogP contribution is -2.49. The first-order chi connectivity index (χ1) is 13.5. The number of amides is 1. The quantitative estimate of drug-likeness (QED) is 0.849. The molecule has 1 aliphatic heterocycles. The number of hydrogen-bond acceptors (Lipinski definition) is 6. The minimum absolute atomic E-state index is 0.241. The summed E-state index contributed by atoms with van der Waals surface area (Å²) in [7, 11) is 0. The molecule has 3 rings (SSSR count). The van der Waals surface area contributed by atoms with Crippen molar-refractivity contribution in [1.82, 2.24) is 14.9 Å². The van der Waals surface area contributed by atoms with E-state index in [4.69, 9.17) is 4.74 Å². The maximum absolute atomic E-state index is 11.9. The molecule has 1 aromatic carbocycles. The minimum Gasteiger partial charge on any atom is -0.450 e. The number of nitrogens with one attached hydrogen (secondary N) is 1. The summed E-state index contributed by atoms with van der Waals surface area (Å²) in [6.45, 7) is 11.1. The van der Waals surface area contributed by atoms with E-state index < -0.39 is 0 Å². The minimum atomic E-state index is -0.241.